The fraction of sp³-hybridized carbons (Fsp3) is 0.571. The number of fused-ring (bicyclic) bond motifs is 1. The predicted octanol–water partition coefficient (Wildman–Crippen LogP) is 2.95. The topological polar surface area (TPSA) is 45.5 Å². The van der Waals surface area contributed by atoms with Crippen molar-refractivity contribution in [3.05, 3.63) is 28.6 Å². The van der Waals surface area contributed by atoms with Crippen molar-refractivity contribution in [2.24, 2.45) is 4.99 Å². The summed E-state index contributed by atoms with van der Waals surface area (Å²) in [6, 6.07) is 1.36. The lowest BCUT2D eigenvalue weighted by Gasteiger charge is -2.27. The lowest BCUT2D eigenvalue weighted by atomic mass is 9.85. The number of rotatable bonds is 1. The standard InChI is InChI=1S/C14H17F3N2O/c1-13(2,3)11-9(12(20)14(15,16)17)6-8-7-18-5-4-10(8)19-11/h6-7,12,20H,4-5H2,1-3H3. The highest BCUT2D eigenvalue weighted by atomic mass is 19.4. The Morgan fingerprint density at radius 3 is 2.45 bits per heavy atom. The number of hydrogen-bond donors (Lipinski definition) is 1. The molecule has 1 aliphatic heterocycles. The molecule has 0 fully saturated rings. The van der Waals surface area contributed by atoms with Crippen molar-refractivity contribution in [2.45, 2.75) is 44.9 Å². The van der Waals surface area contributed by atoms with Gasteiger partial charge in [0.25, 0.3) is 0 Å². The lowest BCUT2D eigenvalue weighted by Crippen LogP contribution is -2.27. The molecule has 0 amide bonds. The number of aliphatic hydroxyl groups is 1. The van der Waals surface area contributed by atoms with Crippen molar-refractivity contribution < 1.29 is 18.3 Å². The maximum atomic E-state index is 12.8. The number of hydrogen-bond acceptors (Lipinski definition) is 3. The number of aliphatic imine (C=N–C) groups is 1. The lowest BCUT2D eigenvalue weighted by molar-refractivity contribution is -0.207. The molecule has 0 saturated carbocycles. The maximum Gasteiger partial charge on any atom is 0.418 e. The molecular formula is C14H17F3N2O. The summed E-state index contributed by atoms with van der Waals surface area (Å²) < 4.78 is 38.5. The fourth-order valence-electron chi connectivity index (χ4n) is 2.21. The van der Waals surface area contributed by atoms with Crippen molar-refractivity contribution in [1.82, 2.24) is 4.98 Å². The molecule has 20 heavy (non-hydrogen) atoms. The number of pyridine rings is 1. The first kappa shape index (κ1) is 15.0. The van der Waals surface area contributed by atoms with E-state index < -0.39 is 17.7 Å². The Labute approximate surface area is 115 Å². The van der Waals surface area contributed by atoms with Crippen molar-refractivity contribution >= 4 is 6.21 Å². The molecule has 0 aromatic carbocycles. The van der Waals surface area contributed by atoms with Crippen LogP contribution in [0.2, 0.25) is 0 Å². The van der Waals surface area contributed by atoms with Gasteiger partial charge in [-0.2, -0.15) is 13.2 Å². The molecule has 1 unspecified atom stereocenters. The minimum atomic E-state index is -4.71. The van der Waals surface area contributed by atoms with Gasteiger partial charge in [-0.05, 0) is 6.07 Å². The van der Waals surface area contributed by atoms with E-state index in [9.17, 15) is 18.3 Å². The Hall–Kier alpha value is -1.43. The average molecular weight is 286 g/mol. The fourth-order valence-corrected chi connectivity index (χ4v) is 2.21. The highest BCUT2D eigenvalue weighted by Crippen LogP contribution is 2.38. The number of alkyl halides is 3. The molecule has 1 atom stereocenters. The summed E-state index contributed by atoms with van der Waals surface area (Å²) in [5, 5.41) is 9.59. The van der Waals surface area contributed by atoms with Gasteiger partial charge in [0.1, 0.15) is 0 Å². The van der Waals surface area contributed by atoms with Crippen LogP contribution in [0.15, 0.2) is 11.1 Å². The predicted molar refractivity (Wildman–Crippen MR) is 70.1 cm³/mol. The third-order valence-corrected chi connectivity index (χ3v) is 3.19. The van der Waals surface area contributed by atoms with Gasteiger partial charge in [0.05, 0.1) is 11.4 Å². The Bertz CT molecular complexity index is 545. The minimum Gasteiger partial charge on any atom is -0.379 e. The molecule has 3 nitrogen and oxygen atoms in total. The number of halogens is 3. The van der Waals surface area contributed by atoms with E-state index in [2.05, 4.69) is 9.98 Å². The zero-order chi connectivity index (χ0) is 15.1. The van der Waals surface area contributed by atoms with Crippen LogP contribution < -0.4 is 0 Å². The zero-order valence-electron chi connectivity index (χ0n) is 11.6. The monoisotopic (exact) mass is 286 g/mol. The molecule has 2 rings (SSSR count). The molecule has 1 aromatic rings. The molecule has 1 N–H and O–H groups in total. The first-order valence-corrected chi connectivity index (χ1v) is 6.39. The van der Waals surface area contributed by atoms with Gasteiger partial charge in [-0.1, -0.05) is 20.8 Å². The van der Waals surface area contributed by atoms with Crippen LogP contribution in [0.3, 0.4) is 0 Å². The number of aliphatic hydroxyl groups excluding tert-OH is 1. The van der Waals surface area contributed by atoms with E-state index in [4.69, 9.17) is 0 Å². The zero-order valence-corrected chi connectivity index (χ0v) is 11.6. The second-order valence-corrected chi connectivity index (χ2v) is 5.94. The van der Waals surface area contributed by atoms with Crippen LogP contribution in [0.5, 0.6) is 0 Å². The third-order valence-electron chi connectivity index (χ3n) is 3.19. The van der Waals surface area contributed by atoms with E-state index in [0.29, 0.717) is 18.5 Å². The molecule has 0 radical (unpaired) electrons. The van der Waals surface area contributed by atoms with E-state index in [-0.39, 0.29) is 11.3 Å². The van der Waals surface area contributed by atoms with Crippen LogP contribution in [0, 0.1) is 0 Å². The second kappa shape index (κ2) is 4.84. The Morgan fingerprint density at radius 1 is 1.25 bits per heavy atom. The van der Waals surface area contributed by atoms with Gasteiger partial charge in [-0.15, -0.1) is 0 Å². The molecule has 0 saturated heterocycles. The second-order valence-electron chi connectivity index (χ2n) is 5.94. The van der Waals surface area contributed by atoms with Crippen LogP contribution in [-0.2, 0) is 11.8 Å². The molecule has 1 aliphatic rings. The largest absolute Gasteiger partial charge is 0.418 e. The average Bonchev–Trinajstić information content (AvgIpc) is 2.34. The summed E-state index contributed by atoms with van der Waals surface area (Å²) in [5.74, 6) is 0. The van der Waals surface area contributed by atoms with Crippen LogP contribution in [0.25, 0.3) is 0 Å². The smallest absolute Gasteiger partial charge is 0.379 e. The molecule has 2 heterocycles. The van der Waals surface area contributed by atoms with E-state index in [1.54, 1.807) is 20.8 Å². The van der Waals surface area contributed by atoms with Gasteiger partial charge < -0.3 is 5.11 Å². The Kier molecular flexibility index (Phi) is 3.62. The van der Waals surface area contributed by atoms with Crippen molar-refractivity contribution in [3.63, 3.8) is 0 Å². The summed E-state index contributed by atoms with van der Waals surface area (Å²) >= 11 is 0. The van der Waals surface area contributed by atoms with Crippen molar-refractivity contribution in [1.29, 1.82) is 0 Å². The van der Waals surface area contributed by atoms with Gasteiger partial charge in [-0.25, -0.2) is 0 Å². The molecular weight excluding hydrogens is 269 g/mol. The van der Waals surface area contributed by atoms with E-state index >= 15 is 0 Å². The summed E-state index contributed by atoms with van der Waals surface area (Å²) in [5.41, 5.74) is 0.824. The summed E-state index contributed by atoms with van der Waals surface area (Å²) in [4.78, 5) is 8.41. The Morgan fingerprint density at radius 2 is 1.90 bits per heavy atom. The first-order valence-electron chi connectivity index (χ1n) is 6.39. The number of aromatic nitrogens is 1. The normalized spacial score (nSPS) is 16.9. The molecule has 0 spiro atoms. The SMILES string of the molecule is CC(C)(C)c1nc2c(cc1C(O)C(F)(F)F)C=NCC2. The Balaban J connectivity index is 2.63. The van der Waals surface area contributed by atoms with Crippen molar-refractivity contribution in [2.75, 3.05) is 6.54 Å². The van der Waals surface area contributed by atoms with Crippen LogP contribution in [0.4, 0.5) is 13.2 Å². The van der Waals surface area contributed by atoms with Crippen molar-refractivity contribution in [3.8, 4) is 0 Å². The first-order chi connectivity index (χ1) is 9.10. The molecule has 1 aromatic heterocycles. The van der Waals surface area contributed by atoms with Crippen LogP contribution in [-0.4, -0.2) is 29.0 Å². The van der Waals surface area contributed by atoms with Gasteiger partial charge in [-0.3, -0.25) is 9.98 Å². The quantitative estimate of drug-likeness (QED) is 0.862. The molecule has 6 heteroatoms. The van der Waals surface area contributed by atoms with E-state index in [1.807, 2.05) is 0 Å². The molecule has 0 bridgehead atoms. The van der Waals surface area contributed by atoms with Gasteiger partial charge in [0.15, 0.2) is 6.10 Å². The highest BCUT2D eigenvalue weighted by molar-refractivity contribution is 5.82. The maximum absolute atomic E-state index is 12.8. The van der Waals surface area contributed by atoms with Crippen LogP contribution in [0.1, 0.15) is 49.4 Å². The van der Waals surface area contributed by atoms with Gasteiger partial charge in [0, 0.05) is 35.7 Å². The summed E-state index contributed by atoms with van der Waals surface area (Å²) in [7, 11) is 0. The van der Waals surface area contributed by atoms with Gasteiger partial charge in [0.2, 0.25) is 0 Å². The van der Waals surface area contributed by atoms with Crippen LogP contribution >= 0.6 is 0 Å². The summed E-state index contributed by atoms with van der Waals surface area (Å²) in [6.45, 7) is 5.94. The molecule has 0 aliphatic carbocycles. The number of nitrogens with zero attached hydrogens (tertiary/aromatic N) is 2. The minimum absolute atomic E-state index is 0.183. The highest BCUT2D eigenvalue weighted by Gasteiger charge is 2.42. The third kappa shape index (κ3) is 2.85. The summed E-state index contributed by atoms with van der Waals surface area (Å²) in [6.07, 6.45) is -5.10. The molecule has 110 valence electrons. The van der Waals surface area contributed by atoms with E-state index in [1.165, 1.54) is 12.3 Å². The van der Waals surface area contributed by atoms with Gasteiger partial charge >= 0.3 is 6.18 Å². The van der Waals surface area contributed by atoms with E-state index in [0.717, 1.165) is 5.69 Å².